The SMILES string of the molecule is Cc1nc(-c2onc(C)c2NC(=O)O[C@H](C)c2ccccc2)ccc1NC(=O)C1CCCCC1. The number of carbonyl (C=O) groups is 2. The number of hydrogen-bond acceptors (Lipinski definition) is 6. The van der Waals surface area contributed by atoms with Crippen molar-refractivity contribution in [2.24, 2.45) is 5.92 Å². The fraction of sp³-hybridized carbons (Fsp3) is 0.385. The van der Waals surface area contributed by atoms with Crippen molar-refractivity contribution in [1.29, 1.82) is 0 Å². The maximum atomic E-state index is 12.6. The van der Waals surface area contributed by atoms with Crippen molar-refractivity contribution < 1.29 is 18.8 Å². The predicted octanol–water partition coefficient (Wildman–Crippen LogP) is 6.18. The van der Waals surface area contributed by atoms with Gasteiger partial charge in [0.25, 0.3) is 0 Å². The van der Waals surface area contributed by atoms with Gasteiger partial charge in [-0.05, 0) is 51.3 Å². The van der Waals surface area contributed by atoms with E-state index in [0.717, 1.165) is 31.2 Å². The van der Waals surface area contributed by atoms with E-state index in [9.17, 15) is 9.59 Å². The van der Waals surface area contributed by atoms with Crippen LogP contribution in [0, 0.1) is 19.8 Å². The average Bonchev–Trinajstić information content (AvgIpc) is 3.21. The molecule has 1 aliphatic carbocycles. The van der Waals surface area contributed by atoms with Crippen LogP contribution in [-0.4, -0.2) is 22.1 Å². The molecule has 1 aliphatic rings. The van der Waals surface area contributed by atoms with E-state index in [4.69, 9.17) is 9.26 Å². The van der Waals surface area contributed by atoms with E-state index in [1.807, 2.05) is 44.2 Å². The number of nitrogens with zero attached hydrogens (tertiary/aromatic N) is 2. The lowest BCUT2D eigenvalue weighted by Crippen LogP contribution is -2.25. The van der Waals surface area contributed by atoms with Gasteiger partial charge < -0.3 is 14.6 Å². The molecule has 8 nitrogen and oxygen atoms in total. The van der Waals surface area contributed by atoms with Crippen molar-refractivity contribution in [3.8, 4) is 11.5 Å². The molecule has 0 radical (unpaired) electrons. The monoisotopic (exact) mass is 462 g/mol. The number of rotatable bonds is 6. The number of carbonyl (C=O) groups excluding carboxylic acids is 2. The molecular weight excluding hydrogens is 432 g/mol. The van der Waals surface area contributed by atoms with Gasteiger partial charge in [-0.1, -0.05) is 54.8 Å². The number of nitrogens with one attached hydrogen (secondary N) is 2. The van der Waals surface area contributed by atoms with Gasteiger partial charge in [0, 0.05) is 5.92 Å². The van der Waals surface area contributed by atoms with E-state index in [-0.39, 0.29) is 11.8 Å². The maximum absolute atomic E-state index is 12.6. The molecule has 8 heteroatoms. The molecule has 0 unspecified atom stereocenters. The van der Waals surface area contributed by atoms with Crippen LogP contribution in [0.1, 0.15) is 62.1 Å². The van der Waals surface area contributed by atoms with Crippen molar-refractivity contribution in [2.75, 3.05) is 10.6 Å². The number of amides is 2. The molecule has 1 saturated carbocycles. The standard InChI is InChI=1S/C26H30N4O4/c1-16-21(28-25(31)20-12-8-5-9-13-20)14-15-22(27-16)24-23(17(2)30-34-24)29-26(32)33-18(3)19-10-6-4-7-11-19/h4,6-7,10-11,14-15,18,20H,5,8-9,12-13H2,1-3H3,(H,28,31)(H,29,32)/t18-/m1/s1. The van der Waals surface area contributed by atoms with E-state index < -0.39 is 12.2 Å². The average molecular weight is 463 g/mol. The third kappa shape index (κ3) is 5.44. The zero-order chi connectivity index (χ0) is 24.1. The van der Waals surface area contributed by atoms with Crippen LogP contribution in [0.4, 0.5) is 16.2 Å². The van der Waals surface area contributed by atoms with Crippen LogP contribution >= 0.6 is 0 Å². The summed E-state index contributed by atoms with van der Waals surface area (Å²) >= 11 is 0. The number of hydrogen-bond donors (Lipinski definition) is 2. The summed E-state index contributed by atoms with van der Waals surface area (Å²) in [5.74, 6) is 0.436. The number of benzene rings is 1. The van der Waals surface area contributed by atoms with Crippen LogP contribution in [0.5, 0.6) is 0 Å². The first-order valence-electron chi connectivity index (χ1n) is 11.7. The highest BCUT2D eigenvalue weighted by atomic mass is 16.6. The lowest BCUT2D eigenvalue weighted by atomic mass is 9.88. The van der Waals surface area contributed by atoms with Crippen LogP contribution in [0.25, 0.3) is 11.5 Å². The molecule has 0 bridgehead atoms. The van der Waals surface area contributed by atoms with Gasteiger partial charge >= 0.3 is 6.09 Å². The minimum absolute atomic E-state index is 0.0468. The first-order valence-corrected chi connectivity index (χ1v) is 11.7. The Balaban J connectivity index is 1.46. The molecule has 1 aromatic carbocycles. The zero-order valence-corrected chi connectivity index (χ0v) is 19.8. The second-order valence-corrected chi connectivity index (χ2v) is 8.71. The van der Waals surface area contributed by atoms with Gasteiger partial charge in [-0.15, -0.1) is 0 Å². The first kappa shape index (κ1) is 23.5. The molecule has 2 amide bonds. The maximum Gasteiger partial charge on any atom is 0.412 e. The Bertz CT molecular complexity index is 1150. The predicted molar refractivity (Wildman–Crippen MR) is 129 cm³/mol. The summed E-state index contributed by atoms with van der Waals surface area (Å²) in [5.41, 5.74) is 3.62. The van der Waals surface area contributed by atoms with E-state index in [1.54, 1.807) is 19.1 Å². The molecule has 2 aromatic heterocycles. The van der Waals surface area contributed by atoms with Crippen molar-refractivity contribution in [3.63, 3.8) is 0 Å². The van der Waals surface area contributed by atoms with E-state index in [0.29, 0.717) is 34.2 Å². The molecule has 2 N–H and O–H groups in total. The second-order valence-electron chi connectivity index (χ2n) is 8.71. The fourth-order valence-corrected chi connectivity index (χ4v) is 4.20. The molecule has 2 heterocycles. The third-order valence-electron chi connectivity index (χ3n) is 6.19. The third-order valence-corrected chi connectivity index (χ3v) is 6.19. The molecule has 3 aromatic rings. The van der Waals surface area contributed by atoms with Crippen LogP contribution in [0.3, 0.4) is 0 Å². The summed E-state index contributed by atoms with van der Waals surface area (Å²) in [4.78, 5) is 29.8. The summed E-state index contributed by atoms with van der Waals surface area (Å²) in [6.45, 7) is 5.36. The van der Waals surface area contributed by atoms with Gasteiger partial charge in [0.05, 0.1) is 11.4 Å². The first-order chi connectivity index (χ1) is 16.4. The highest BCUT2D eigenvalue weighted by Crippen LogP contribution is 2.32. The number of aromatic nitrogens is 2. The summed E-state index contributed by atoms with van der Waals surface area (Å²) in [6.07, 6.45) is 4.23. The number of pyridine rings is 1. The molecule has 0 aliphatic heterocycles. The zero-order valence-electron chi connectivity index (χ0n) is 19.8. The lowest BCUT2D eigenvalue weighted by Gasteiger charge is -2.21. The van der Waals surface area contributed by atoms with Crippen molar-refractivity contribution in [3.05, 3.63) is 59.4 Å². The summed E-state index contributed by atoms with van der Waals surface area (Å²) in [5, 5.41) is 9.74. The number of aryl methyl sites for hydroxylation is 2. The van der Waals surface area contributed by atoms with E-state index in [1.165, 1.54) is 6.42 Å². The van der Waals surface area contributed by atoms with Gasteiger partial charge in [-0.25, -0.2) is 9.78 Å². The number of anilines is 2. The lowest BCUT2D eigenvalue weighted by molar-refractivity contribution is -0.120. The highest BCUT2D eigenvalue weighted by molar-refractivity contribution is 5.94. The van der Waals surface area contributed by atoms with Crippen LogP contribution in [-0.2, 0) is 9.53 Å². The summed E-state index contributed by atoms with van der Waals surface area (Å²) in [7, 11) is 0. The quantitative estimate of drug-likeness (QED) is 0.453. The Hall–Kier alpha value is -3.68. The largest absolute Gasteiger partial charge is 0.441 e. The second kappa shape index (κ2) is 10.5. The Morgan fingerprint density at radius 3 is 2.44 bits per heavy atom. The summed E-state index contributed by atoms with van der Waals surface area (Å²) in [6, 6.07) is 13.0. The smallest absolute Gasteiger partial charge is 0.412 e. The number of ether oxygens (including phenoxy) is 1. The Kier molecular flexibility index (Phi) is 7.25. The molecule has 0 spiro atoms. The molecule has 178 valence electrons. The topological polar surface area (TPSA) is 106 Å². The molecule has 1 atom stereocenters. The summed E-state index contributed by atoms with van der Waals surface area (Å²) < 4.78 is 11.0. The minimum Gasteiger partial charge on any atom is -0.441 e. The van der Waals surface area contributed by atoms with Gasteiger partial charge in [-0.2, -0.15) is 0 Å². The fourth-order valence-electron chi connectivity index (χ4n) is 4.20. The molecule has 1 fully saturated rings. The van der Waals surface area contributed by atoms with Gasteiger partial charge in [0.1, 0.15) is 23.2 Å². The van der Waals surface area contributed by atoms with E-state index in [2.05, 4.69) is 20.8 Å². The van der Waals surface area contributed by atoms with E-state index >= 15 is 0 Å². The van der Waals surface area contributed by atoms with Crippen LogP contribution in [0.2, 0.25) is 0 Å². The minimum atomic E-state index is -0.614. The van der Waals surface area contributed by atoms with Crippen molar-refractivity contribution in [1.82, 2.24) is 10.1 Å². The van der Waals surface area contributed by atoms with Crippen LogP contribution < -0.4 is 10.6 Å². The normalized spacial score (nSPS) is 14.9. The van der Waals surface area contributed by atoms with Gasteiger partial charge in [0.2, 0.25) is 11.7 Å². The Morgan fingerprint density at radius 2 is 1.74 bits per heavy atom. The Labute approximate surface area is 199 Å². The Morgan fingerprint density at radius 1 is 1.00 bits per heavy atom. The molecule has 4 rings (SSSR count). The highest BCUT2D eigenvalue weighted by Gasteiger charge is 2.23. The van der Waals surface area contributed by atoms with Gasteiger partial charge in [-0.3, -0.25) is 10.1 Å². The van der Waals surface area contributed by atoms with Crippen LogP contribution in [0.15, 0.2) is 47.0 Å². The molecule has 0 saturated heterocycles. The molecular formula is C26H30N4O4. The molecule has 34 heavy (non-hydrogen) atoms. The van der Waals surface area contributed by atoms with Gasteiger partial charge in [0.15, 0.2) is 0 Å². The van der Waals surface area contributed by atoms with Crippen molar-refractivity contribution in [2.45, 2.75) is 59.0 Å². The van der Waals surface area contributed by atoms with Crippen molar-refractivity contribution >= 4 is 23.4 Å².